The molecule has 2 aromatic rings. The molecular weight excluding hydrogens is 340 g/mol. The fourth-order valence-corrected chi connectivity index (χ4v) is 3.14. The first-order chi connectivity index (χ1) is 11.7. The summed E-state index contributed by atoms with van der Waals surface area (Å²) in [7, 11) is 0. The van der Waals surface area contributed by atoms with Crippen LogP contribution in [0.25, 0.3) is 0 Å². The number of amides is 1. The van der Waals surface area contributed by atoms with Gasteiger partial charge in [-0.05, 0) is 56.6 Å². The van der Waals surface area contributed by atoms with Gasteiger partial charge in [0, 0.05) is 18.9 Å². The number of benzene rings is 1. The molecule has 25 heavy (non-hydrogen) atoms. The number of carbonyl (C=O) groups excluding carboxylic acids is 1. The van der Waals surface area contributed by atoms with E-state index in [1.54, 1.807) is 10.9 Å². The molecule has 0 aliphatic carbocycles. The van der Waals surface area contributed by atoms with Crippen LogP contribution in [0.3, 0.4) is 0 Å². The first-order valence-corrected chi connectivity index (χ1v) is 8.45. The number of nitrogens with one attached hydrogen (secondary N) is 2. The van der Waals surface area contributed by atoms with Crippen molar-refractivity contribution in [2.45, 2.75) is 31.8 Å². The van der Waals surface area contributed by atoms with E-state index in [1.807, 2.05) is 43.5 Å². The number of carbonyl (C=O) groups is 1. The highest BCUT2D eigenvalue weighted by Crippen LogP contribution is 2.27. The van der Waals surface area contributed by atoms with E-state index in [4.69, 9.17) is 4.74 Å². The van der Waals surface area contributed by atoms with Crippen LogP contribution in [0.15, 0.2) is 42.7 Å². The second kappa shape index (κ2) is 8.87. The highest BCUT2D eigenvalue weighted by molar-refractivity contribution is 5.85. The van der Waals surface area contributed by atoms with Gasteiger partial charge in [-0.2, -0.15) is 5.10 Å². The normalized spacial score (nSPS) is 15.9. The number of halogens is 1. The second-order valence-corrected chi connectivity index (χ2v) is 5.99. The minimum atomic E-state index is -0.597. The molecule has 0 atom stereocenters. The van der Waals surface area contributed by atoms with Crippen molar-refractivity contribution < 1.29 is 9.53 Å². The summed E-state index contributed by atoms with van der Waals surface area (Å²) in [5.74, 6) is 0.875. The van der Waals surface area contributed by atoms with Crippen molar-refractivity contribution in [1.82, 2.24) is 20.4 Å². The Kier molecular flexibility index (Phi) is 6.84. The summed E-state index contributed by atoms with van der Waals surface area (Å²) in [4.78, 5) is 12.9. The van der Waals surface area contributed by atoms with Gasteiger partial charge in [0.1, 0.15) is 11.3 Å². The maximum atomic E-state index is 12.9. The number of piperidine rings is 1. The zero-order chi connectivity index (χ0) is 16.8. The molecule has 0 bridgehead atoms. The minimum absolute atomic E-state index is 0. The SMILES string of the molecule is CCOc1ccc(CNC(=O)C2(n3cccn3)CCNCC2)cc1.Cl. The summed E-state index contributed by atoms with van der Waals surface area (Å²) in [6.07, 6.45) is 5.08. The summed E-state index contributed by atoms with van der Waals surface area (Å²) in [6, 6.07) is 9.68. The summed E-state index contributed by atoms with van der Waals surface area (Å²) in [6.45, 7) is 4.74. The summed E-state index contributed by atoms with van der Waals surface area (Å²) >= 11 is 0. The molecule has 3 rings (SSSR count). The Morgan fingerprint density at radius 3 is 2.64 bits per heavy atom. The molecular formula is C18H25ClN4O2. The van der Waals surface area contributed by atoms with Crippen molar-refractivity contribution in [2.24, 2.45) is 0 Å². The van der Waals surface area contributed by atoms with Crippen LogP contribution in [0.2, 0.25) is 0 Å². The molecule has 1 saturated heterocycles. The van der Waals surface area contributed by atoms with Crippen LogP contribution in [0.1, 0.15) is 25.3 Å². The van der Waals surface area contributed by atoms with Crippen molar-refractivity contribution >= 4 is 18.3 Å². The minimum Gasteiger partial charge on any atom is -0.494 e. The molecule has 1 aromatic heterocycles. The van der Waals surface area contributed by atoms with Gasteiger partial charge in [0.2, 0.25) is 5.91 Å². The molecule has 0 spiro atoms. The van der Waals surface area contributed by atoms with Gasteiger partial charge >= 0.3 is 0 Å². The molecule has 1 aliphatic heterocycles. The lowest BCUT2D eigenvalue weighted by Crippen LogP contribution is -2.54. The van der Waals surface area contributed by atoms with Gasteiger partial charge in [-0.15, -0.1) is 12.4 Å². The average Bonchev–Trinajstić information content (AvgIpc) is 3.17. The molecule has 2 N–H and O–H groups in total. The van der Waals surface area contributed by atoms with Crippen LogP contribution < -0.4 is 15.4 Å². The summed E-state index contributed by atoms with van der Waals surface area (Å²) in [5, 5.41) is 10.7. The van der Waals surface area contributed by atoms with Crippen LogP contribution in [0.4, 0.5) is 0 Å². The van der Waals surface area contributed by atoms with Gasteiger partial charge in [0.25, 0.3) is 0 Å². The number of ether oxygens (including phenoxy) is 1. The number of nitrogens with zero attached hydrogens (tertiary/aromatic N) is 2. The highest BCUT2D eigenvalue weighted by atomic mass is 35.5. The van der Waals surface area contributed by atoms with Crippen LogP contribution in [-0.4, -0.2) is 35.4 Å². The quantitative estimate of drug-likeness (QED) is 0.823. The number of hydrogen-bond donors (Lipinski definition) is 2. The molecule has 1 aliphatic rings. The zero-order valence-electron chi connectivity index (χ0n) is 14.4. The molecule has 6 nitrogen and oxygen atoms in total. The monoisotopic (exact) mass is 364 g/mol. The lowest BCUT2D eigenvalue weighted by molar-refractivity contribution is -0.132. The fourth-order valence-electron chi connectivity index (χ4n) is 3.14. The standard InChI is InChI=1S/C18H24N4O2.ClH/c1-2-24-16-6-4-15(5-7-16)14-20-17(23)18(8-11-19-12-9-18)22-13-3-10-21-22;/h3-7,10,13,19H,2,8-9,11-12,14H2,1H3,(H,20,23);1H. The van der Waals surface area contributed by atoms with Gasteiger partial charge in [0.15, 0.2) is 0 Å². The lowest BCUT2D eigenvalue weighted by atomic mass is 9.87. The van der Waals surface area contributed by atoms with E-state index in [9.17, 15) is 4.79 Å². The predicted octanol–water partition coefficient (Wildman–Crippen LogP) is 2.10. The Labute approximate surface area is 154 Å². The number of aromatic nitrogens is 2. The maximum absolute atomic E-state index is 12.9. The molecule has 0 unspecified atom stereocenters. The fraction of sp³-hybridized carbons (Fsp3) is 0.444. The Morgan fingerprint density at radius 2 is 2.04 bits per heavy atom. The second-order valence-electron chi connectivity index (χ2n) is 5.99. The summed E-state index contributed by atoms with van der Waals surface area (Å²) in [5.41, 5.74) is 0.455. The largest absolute Gasteiger partial charge is 0.494 e. The smallest absolute Gasteiger partial charge is 0.248 e. The van der Waals surface area contributed by atoms with Gasteiger partial charge in [-0.3, -0.25) is 9.48 Å². The van der Waals surface area contributed by atoms with E-state index in [0.29, 0.717) is 13.2 Å². The highest BCUT2D eigenvalue weighted by Gasteiger charge is 2.41. The van der Waals surface area contributed by atoms with Crippen molar-refractivity contribution in [1.29, 1.82) is 0 Å². The van der Waals surface area contributed by atoms with Gasteiger partial charge in [-0.1, -0.05) is 12.1 Å². The Morgan fingerprint density at radius 1 is 1.32 bits per heavy atom. The van der Waals surface area contributed by atoms with Crippen molar-refractivity contribution in [2.75, 3.05) is 19.7 Å². The van der Waals surface area contributed by atoms with Gasteiger partial charge in [-0.25, -0.2) is 0 Å². The summed E-state index contributed by atoms with van der Waals surface area (Å²) < 4.78 is 7.25. The van der Waals surface area contributed by atoms with Crippen LogP contribution >= 0.6 is 12.4 Å². The van der Waals surface area contributed by atoms with Crippen molar-refractivity contribution in [3.63, 3.8) is 0 Å². The predicted molar refractivity (Wildman–Crippen MR) is 99.0 cm³/mol. The Hall–Kier alpha value is -2.05. The van der Waals surface area contributed by atoms with Gasteiger partial charge in [0.05, 0.1) is 6.61 Å². The van der Waals surface area contributed by atoms with E-state index < -0.39 is 5.54 Å². The van der Waals surface area contributed by atoms with Crippen LogP contribution in [-0.2, 0) is 16.9 Å². The topological polar surface area (TPSA) is 68.2 Å². The first kappa shape index (κ1) is 19.3. The maximum Gasteiger partial charge on any atom is 0.248 e. The van der Waals surface area contributed by atoms with E-state index in [-0.39, 0.29) is 18.3 Å². The van der Waals surface area contributed by atoms with E-state index in [1.165, 1.54) is 0 Å². The Bertz CT molecular complexity index is 652. The molecule has 0 saturated carbocycles. The molecule has 2 heterocycles. The number of hydrogen-bond acceptors (Lipinski definition) is 4. The van der Waals surface area contributed by atoms with E-state index in [0.717, 1.165) is 37.2 Å². The van der Waals surface area contributed by atoms with Gasteiger partial charge < -0.3 is 15.4 Å². The first-order valence-electron chi connectivity index (χ1n) is 8.45. The van der Waals surface area contributed by atoms with Crippen LogP contribution in [0, 0.1) is 0 Å². The van der Waals surface area contributed by atoms with E-state index >= 15 is 0 Å². The zero-order valence-corrected chi connectivity index (χ0v) is 15.2. The molecule has 1 fully saturated rings. The van der Waals surface area contributed by atoms with Crippen molar-refractivity contribution in [3.05, 3.63) is 48.3 Å². The molecule has 1 aromatic carbocycles. The molecule has 1 amide bonds. The van der Waals surface area contributed by atoms with Crippen molar-refractivity contribution in [3.8, 4) is 5.75 Å². The third-order valence-electron chi connectivity index (χ3n) is 4.48. The third kappa shape index (κ3) is 4.32. The van der Waals surface area contributed by atoms with E-state index in [2.05, 4.69) is 15.7 Å². The Balaban J connectivity index is 0.00000225. The van der Waals surface area contributed by atoms with Crippen LogP contribution in [0.5, 0.6) is 5.75 Å². The molecule has 7 heteroatoms. The average molecular weight is 365 g/mol. The molecule has 0 radical (unpaired) electrons. The lowest BCUT2D eigenvalue weighted by Gasteiger charge is -2.36. The number of rotatable bonds is 6. The molecule has 136 valence electrons. The third-order valence-corrected chi connectivity index (χ3v) is 4.48.